The molecule has 1 N–H and O–H groups in total. The molecular formula is C22H30O4. The van der Waals surface area contributed by atoms with Gasteiger partial charge < -0.3 is 19.3 Å². The second-order valence-electron chi connectivity index (χ2n) is 4.88. The molecule has 0 aliphatic carbocycles. The summed E-state index contributed by atoms with van der Waals surface area (Å²) in [6.07, 6.45) is -17.0. The summed E-state index contributed by atoms with van der Waals surface area (Å²) in [4.78, 5) is 0. The number of benzene rings is 2. The first-order valence-corrected chi connectivity index (χ1v) is 7.36. The molecule has 0 aliphatic rings. The molecule has 0 fully saturated rings. The number of hydrogen-bond donors (Lipinski definition) is 1. The van der Waals surface area contributed by atoms with E-state index in [9.17, 15) is 5.11 Å². The van der Waals surface area contributed by atoms with Crippen molar-refractivity contribution in [1.29, 1.82) is 0 Å². The highest BCUT2D eigenvalue weighted by molar-refractivity contribution is 5.42. The first-order chi connectivity index (χ1) is 19.5. The molecule has 4 nitrogen and oxygen atoms in total. The maximum Gasteiger partial charge on any atom is 0.160 e. The van der Waals surface area contributed by atoms with Crippen molar-refractivity contribution in [1.82, 2.24) is 0 Å². The molecule has 2 aromatic rings. The Bertz CT molecular complexity index is 1400. The van der Waals surface area contributed by atoms with Crippen LogP contribution in [0.1, 0.15) is 60.5 Å². The molecule has 1 atom stereocenters. The van der Waals surface area contributed by atoms with E-state index >= 15 is 0 Å². The lowest BCUT2D eigenvalue weighted by Crippen LogP contribution is -2.17. The monoisotopic (exact) mass is 376 g/mol. The molecule has 26 heavy (non-hydrogen) atoms. The van der Waals surface area contributed by atoms with Crippen molar-refractivity contribution in [3.05, 3.63) is 52.9 Å². The first kappa shape index (κ1) is 6.75. The van der Waals surface area contributed by atoms with Crippen LogP contribution in [0.15, 0.2) is 36.3 Å². The third-order valence-electron chi connectivity index (χ3n) is 3.09. The van der Waals surface area contributed by atoms with Gasteiger partial charge in [-0.05, 0) is 73.8 Å². The van der Waals surface area contributed by atoms with Crippen LogP contribution in [0.2, 0.25) is 0 Å². The molecule has 0 radical (unpaired) electrons. The van der Waals surface area contributed by atoms with Gasteiger partial charge in [-0.1, -0.05) is 18.5 Å². The van der Waals surface area contributed by atoms with Crippen molar-refractivity contribution in [3.8, 4) is 17.2 Å². The molecule has 0 aliphatic heterocycles. The Morgan fingerprint density at radius 1 is 1.15 bits per heavy atom. The number of aliphatic hydroxyl groups is 1. The summed E-state index contributed by atoms with van der Waals surface area (Å²) in [6.45, 7) is -1.08. The van der Waals surface area contributed by atoms with Gasteiger partial charge in [0.05, 0.1) is 36.7 Å². The number of rotatable bonds is 10. The van der Waals surface area contributed by atoms with E-state index in [2.05, 4.69) is 4.74 Å². The zero-order chi connectivity index (χ0) is 34.8. The highest BCUT2D eigenvalue weighted by Gasteiger charge is 2.07. The van der Waals surface area contributed by atoms with Crippen LogP contribution in [0, 0.1) is 13.8 Å². The van der Waals surface area contributed by atoms with Crippen molar-refractivity contribution in [3.63, 3.8) is 0 Å². The maximum absolute atomic E-state index is 10.8. The quantitative estimate of drug-likeness (QED) is 0.664. The van der Waals surface area contributed by atoms with E-state index in [0.717, 1.165) is 7.11 Å². The van der Waals surface area contributed by atoms with Gasteiger partial charge >= 0.3 is 0 Å². The molecule has 142 valence electrons. The summed E-state index contributed by atoms with van der Waals surface area (Å²) >= 11 is 0. The van der Waals surface area contributed by atoms with E-state index in [-0.39, 0.29) is 11.1 Å². The van der Waals surface area contributed by atoms with E-state index < -0.39 is 104 Å². The number of methoxy groups -OCH3 is 2. The average molecular weight is 377 g/mol. The zero-order valence-electron chi connectivity index (χ0n) is 32.4. The van der Waals surface area contributed by atoms with Crippen LogP contribution < -0.4 is 14.2 Å². The summed E-state index contributed by atoms with van der Waals surface area (Å²) < 4.78 is 160. The van der Waals surface area contributed by atoms with Gasteiger partial charge in [-0.3, -0.25) is 0 Å². The molecule has 0 spiro atoms. The largest absolute Gasteiger partial charge is 0.493 e. The van der Waals surface area contributed by atoms with Gasteiger partial charge in [0, 0.05) is 8.22 Å². The third kappa shape index (κ3) is 5.95. The Kier molecular flexibility index (Phi) is 2.62. The molecule has 0 heterocycles. The molecule has 0 amide bonds. The van der Waals surface area contributed by atoms with Gasteiger partial charge in [0.1, 0.15) is 12.3 Å². The standard InChI is InChI=1S/C22H30O4/c1-16-9-11-20(13-17(16)2)26-15-19(23)8-6-5-7-18-10-12-21(24-3)22(14-18)25-4/h9-14,19,23H,5-8,15H2,1-4H3/i4D3,5D2,7D2,8D2,9D,10D,11D,12D,13D,14D,15D2,19D. The highest BCUT2D eigenvalue weighted by Crippen LogP contribution is 2.28. The van der Waals surface area contributed by atoms with E-state index in [1.54, 1.807) is 0 Å². The Labute approximate surface area is 182 Å². The van der Waals surface area contributed by atoms with E-state index in [1.807, 2.05) is 0 Å². The van der Waals surface area contributed by atoms with E-state index in [0.29, 0.717) is 0 Å². The van der Waals surface area contributed by atoms with Crippen molar-refractivity contribution >= 4 is 0 Å². The summed E-state index contributed by atoms with van der Waals surface area (Å²) in [5.41, 5.74) is -0.985. The lowest BCUT2D eigenvalue weighted by atomic mass is 10.0. The predicted molar refractivity (Wildman–Crippen MR) is 105 cm³/mol. The Morgan fingerprint density at radius 3 is 2.77 bits per heavy atom. The fourth-order valence-electron chi connectivity index (χ4n) is 1.64. The molecule has 2 rings (SSSR count). The summed E-state index contributed by atoms with van der Waals surface area (Å²) in [6, 6.07) is -5.25. The molecule has 4 heteroatoms. The van der Waals surface area contributed by atoms with Crippen LogP contribution in [0.3, 0.4) is 0 Å². The fraction of sp³-hybridized carbons (Fsp3) is 0.455. The molecule has 0 saturated heterocycles. The van der Waals surface area contributed by atoms with Gasteiger partial charge in [0.15, 0.2) is 11.5 Å². The molecule has 2 aromatic carbocycles. The second-order valence-corrected chi connectivity index (χ2v) is 4.88. The van der Waals surface area contributed by atoms with Gasteiger partial charge in [0.2, 0.25) is 0 Å². The molecule has 0 bridgehead atoms. The topological polar surface area (TPSA) is 47.9 Å². The molecular weight excluding hydrogens is 328 g/mol. The van der Waals surface area contributed by atoms with Crippen LogP contribution in [0.5, 0.6) is 17.2 Å². The zero-order valence-corrected chi connectivity index (χ0v) is 14.4. The lowest BCUT2D eigenvalue weighted by molar-refractivity contribution is 0.0976. The van der Waals surface area contributed by atoms with Crippen LogP contribution in [0.25, 0.3) is 0 Å². The summed E-state index contributed by atoms with van der Waals surface area (Å²) in [5.74, 6) is -2.70. The summed E-state index contributed by atoms with van der Waals surface area (Å²) in [5, 5.41) is 10.8. The van der Waals surface area contributed by atoms with Gasteiger partial charge in [-0.2, -0.15) is 0 Å². The van der Waals surface area contributed by atoms with E-state index in [4.69, 9.17) is 34.1 Å². The first-order valence-electron chi connectivity index (χ1n) is 16.4. The molecule has 0 saturated carbocycles. The minimum absolute atomic E-state index is 0.0883. The van der Waals surface area contributed by atoms with Crippen molar-refractivity contribution in [2.45, 2.75) is 45.5 Å². The number of ether oxygens (including phenoxy) is 3. The Hall–Kier alpha value is -2.20. The predicted octanol–water partition coefficient (Wildman–Crippen LogP) is 4.47. The van der Waals surface area contributed by atoms with E-state index in [1.165, 1.54) is 13.8 Å². The Morgan fingerprint density at radius 2 is 2.00 bits per heavy atom. The maximum atomic E-state index is 10.8. The number of hydrogen-bond acceptors (Lipinski definition) is 4. The average Bonchev–Trinajstić information content (AvgIpc) is 2.86. The second kappa shape index (κ2) is 10.1. The van der Waals surface area contributed by atoms with Gasteiger partial charge in [-0.25, -0.2) is 0 Å². The van der Waals surface area contributed by atoms with Crippen LogP contribution >= 0.6 is 0 Å². The summed E-state index contributed by atoms with van der Waals surface area (Å²) in [7, 11) is -2.32. The van der Waals surface area contributed by atoms with Gasteiger partial charge in [0.25, 0.3) is 0 Å². The third-order valence-corrected chi connectivity index (χ3v) is 3.09. The van der Waals surface area contributed by atoms with Gasteiger partial charge in [-0.15, -0.1) is 0 Å². The minimum Gasteiger partial charge on any atom is -0.493 e. The van der Waals surface area contributed by atoms with Crippen LogP contribution in [0.4, 0.5) is 0 Å². The SMILES string of the molecule is [2H]c1c([2H])c(OC([2H])([2H])C([2H])(O)C([2H])([2H])CC([2H])([2H])C([2H])([2H])c2c([2H])c([2H])c(OC)c(OC([2H])([2H])[2H])c2[2H])c([2H])c(C)c1C. The van der Waals surface area contributed by atoms with Crippen molar-refractivity contribution in [2.24, 2.45) is 0 Å². The van der Waals surface area contributed by atoms with Crippen LogP contribution in [-0.4, -0.2) is 31.9 Å². The molecule has 1 unspecified atom stereocenters. The minimum atomic E-state index is -4.09. The normalized spacial score (nSPS) is 25.8. The van der Waals surface area contributed by atoms with Crippen molar-refractivity contribution in [2.75, 3.05) is 20.7 Å². The van der Waals surface area contributed by atoms with Crippen molar-refractivity contribution < 1.29 is 44.0 Å². The smallest absolute Gasteiger partial charge is 0.160 e. The molecule has 0 aromatic heterocycles. The lowest BCUT2D eigenvalue weighted by Gasteiger charge is -2.13. The van der Waals surface area contributed by atoms with Crippen LogP contribution in [-0.2, 0) is 6.37 Å². The Balaban J connectivity index is 2.65. The highest BCUT2D eigenvalue weighted by atomic mass is 16.5. The fourth-order valence-corrected chi connectivity index (χ4v) is 1.64.